The predicted octanol–water partition coefficient (Wildman–Crippen LogP) is 2.05. The van der Waals surface area contributed by atoms with Crippen LogP contribution in [0.3, 0.4) is 0 Å². The van der Waals surface area contributed by atoms with Crippen molar-refractivity contribution in [1.29, 1.82) is 0 Å². The number of benzene rings is 2. The number of nitro groups is 1. The quantitative estimate of drug-likeness (QED) is 0.432. The van der Waals surface area contributed by atoms with Crippen molar-refractivity contribution in [2.45, 2.75) is 18.9 Å². The van der Waals surface area contributed by atoms with Crippen LogP contribution in [-0.2, 0) is 27.2 Å². The fourth-order valence-corrected chi connectivity index (χ4v) is 2.62. The van der Waals surface area contributed by atoms with Crippen LogP contribution in [0.15, 0.2) is 48.5 Å². The first-order valence-electron chi connectivity index (χ1n) is 8.17. The van der Waals surface area contributed by atoms with Gasteiger partial charge < -0.3 is 14.8 Å². The monoisotopic (exact) mass is 372 g/mol. The second-order valence-electron chi connectivity index (χ2n) is 5.76. The zero-order chi connectivity index (χ0) is 19.8. The van der Waals surface area contributed by atoms with E-state index in [0.29, 0.717) is 11.3 Å². The maximum atomic E-state index is 12.3. The molecule has 1 N–H and O–H groups in total. The highest BCUT2D eigenvalue weighted by Gasteiger charge is 2.24. The van der Waals surface area contributed by atoms with Crippen LogP contribution in [0.2, 0.25) is 0 Å². The highest BCUT2D eigenvalue weighted by atomic mass is 16.6. The van der Waals surface area contributed by atoms with Gasteiger partial charge in [0.2, 0.25) is 5.91 Å². The molecule has 8 nitrogen and oxygen atoms in total. The molecule has 1 amide bonds. The Morgan fingerprint density at radius 1 is 1.15 bits per heavy atom. The van der Waals surface area contributed by atoms with E-state index in [-0.39, 0.29) is 24.4 Å². The van der Waals surface area contributed by atoms with Crippen LogP contribution in [0.4, 0.5) is 5.69 Å². The summed E-state index contributed by atoms with van der Waals surface area (Å²) >= 11 is 0. The molecule has 1 atom stereocenters. The Labute approximate surface area is 156 Å². The minimum atomic E-state index is -0.998. The van der Waals surface area contributed by atoms with Crippen LogP contribution in [0, 0.1) is 10.1 Å². The normalized spacial score (nSPS) is 11.3. The number of amides is 1. The van der Waals surface area contributed by atoms with Gasteiger partial charge in [0.25, 0.3) is 5.69 Å². The molecule has 0 fully saturated rings. The molecule has 2 aromatic carbocycles. The predicted molar refractivity (Wildman–Crippen MR) is 97.4 cm³/mol. The van der Waals surface area contributed by atoms with Crippen molar-refractivity contribution >= 4 is 17.6 Å². The number of hydrogen-bond donors (Lipinski definition) is 1. The van der Waals surface area contributed by atoms with Crippen molar-refractivity contribution in [2.75, 3.05) is 14.2 Å². The Morgan fingerprint density at radius 3 is 2.44 bits per heavy atom. The average Bonchev–Trinajstić information content (AvgIpc) is 2.67. The van der Waals surface area contributed by atoms with E-state index < -0.39 is 16.9 Å². The van der Waals surface area contributed by atoms with Crippen molar-refractivity contribution in [3.05, 3.63) is 69.8 Å². The SMILES string of the molecule is COC(=O)[C@@H](Cc1cc([N+](=O)[O-])ccc1OC)NC(=O)Cc1ccccc1. The molecule has 27 heavy (non-hydrogen) atoms. The van der Waals surface area contributed by atoms with E-state index in [4.69, 9.17) is 9.47 Å². The summed E-state index contributed by atoms with van der Waals surface area (Å²) in [5.74, 6) is -0.627. The van der Waals surface area contributed by atoms with Crippen molar-refractivity contribution in [2.24, 2.45) is 0 Å². The maximum absolute atomic E-state index is 12.3. The number of carbonyl (C=O) groups is 2. The summed E-state index contributed by atoms with van der Waals surface area (Å²) in [7, 11) is 2.63. The molecule has 0 aromatic heterocycles. The molecule has 2 aromatic rings. The number of carbonyl (C=O) groups excluding carboxylic acids is 2. The first-order chi connectivity index (χ1) is 12.9. The summed E-state index contributed by atoms with van der Waals surface area (Å²) in [6.07, 6.45) is 0.0957. The highest BCUT2D eigenvalue weighted by molar-refractivity contribution is 5.85. The number of esters is 1. The smallest absolute Gasteiger partial charge is 0.328 e. The fourth-order valence-electron chi connectivity index (χ4n) is 2.62. The number of nitro benzene ring substituents is 1. The van der Waals surface area contributed by atoms with Gasteiger partial charge in [-0.3, -0.25) is 14.9 Å². The molecule has 0 unspecified atom stereocenters. The van der Waals surface area contributed by atoms with Gasteiger partial charge >= 0.3 is 5.97 Å². The van der Waals surface area contributed by atoms with Gasteiger partial charge in [-0.05, 0) is 11.6 Å². The summed E-state index contributed by atoms with van der Waals surface area (Å²) in [5.41, 5.74) is 1.08. The zero-order valence-electron chi connectivity index (χ0n) is 15.0. The molecule has 0 radical (unpaired) electrons. The van der Waals surface area contributed by atoms with Crippen molar-refractivity contribution in [3.8, 4) is 5.75 Å². The Kier molecular flexibility index (Phi) is 6.87. The van der Waals surface area contributed by atoms with Gasteiger partial charge in [0, 0.05) is 24.1 Å². The summed E-state index contributed by atoms with van der Waals surface area (Å²) in [4.78, 5) is 34.9. The molecule has 8 heteroatoms. The molecular formula is C19H20N2O6. The minimum Gasteiger partial charge on any atom is -0.496 e. The largest absolute Gasteiger partial charge is 0.496 e. The Hall–Kier alpha value is -3.42. The van der Waals surface area contributed by atoms with Crippen LogP contribution in [0.5, 0.6) is 5.75 Å². The minimum absolute atomic E-state index is 0.00193. The fraction of sp³-hybridized carbons (Fsp3) is 0.263. The van der Waals surface area contributed by atoms with E-state index in [1.165, 1.54) is 32.4 Å². The first kappa shape index (κ1) is 19.9. The summed E-state index contributed by atoms with van der Waals surface area (Å²) in [6.45, 7) is 0. The van der Waals surface area contributed by atoms with Crippen molar-refractivity contribution < 1.29 is 24.0 Å². The van der Waals surface area contributed by atoms with Gasteiger partial charge in [0.05, 0.1) is 25.6 Å². The lowest BCUT2D eigenvalue weighted by Crippen LogP contribution is -2.43. The maximum Gasteiger partial charge on any atom is 0.328 e. The molecule has 2 rings (SSSR count). The highest BCUT2D eigenvalue weighted by Crippen LogP contribution is 2.25. The van der Waals surface area contributed by atoms with Gasteiger partial charge in [0.1, 0.15) is 11.8 Å². The number of methoxy groups -OCH3 is 2. The topological polar surface area (TPSA) is 108 Å². The van der Waals surface area contributed by atoms with Gasteiger partial charge in [-0.25, -0.2) is 4.79 Å². The number of rotatable bonds is 8. The van der Waals surface area contributed by atoms with E-state index in [2.05, 4.69) is 5.32 Å². The number of hydrogen-bond acceptors (Lipinski definition) is 6. The average molecular weight is 372 g/mol. The van der Waals surface area contributed by atoms with E-state index in [0.717, 1.165) is 5.56 Å². The number of nitrogens with zero attached hydrogens (tertiary/aromatic N) is 1. The number of nitrogens with one attached hydrogen (secondary N) is 1. The standard InChI is InChI=1S/C19H20N2O6/c1-26-17-9-8-15(21(24)25)11-14(17)12-16(19(23)27-2)20-18(22)10-13-6-4-3-5-7-13/h3-9,11,16H,10,12H2,1-2H3,(H,20,22)/t16-/m1/s1. The molecule has 142 valence electrons. The third kappa shape index (κ3) is 5.53. The Morgan fingerprint density at radius 2 is 1.85 bits per heavy atom. The Balaban J connectivity index is 2.19. The lowest BCUT2D eigenvalue weighted by atomic mass is 10.0. The van der Waals surface area contributed by atoms with Crippen LogP contribution in [0.25, 0.3) is 0 Å². The first-order valence-corrected chi connectivity index (χ1v) is 8.17. The molecule has 0 aliphatic heterocycles. The second kappa shape index (κ2) is 9.33. The van der Waals surface area contributed by atoms with E-state index in [1.54, 1.807) is 12.1 Å². The summed E-state index contributed by atoms with van der Waals surface area (Å²) in [5, 5.41) is 13.6. The molecule has 0 saturated carbocycles. The van der Waals surface area contributed by atoms with Crippen LogP contribution in [0.1, 0.15) is 11.1 Å². The molecule has 0 spiro atoms. The summed E-state index contributed by atoms with van der Waals surface area (Å²) in [6, 6.07) is 12.2. The van der Waals surface area contributed by atoms with Gasteiger partial charge in [-0.15, -0.1) is 0 Å². The van der Waals surface area contributed by atoms with Crippen LogP contribution >= 0.6 is 0 Å². The third-order valence-electron chi connectivity index (χ3n) is 3.93. The Bertz CT molecular complexity index is 822. The van der Waals surface area contributed by atoms with Crippen molar-refractivity contribution in [1.82, 2.24) is 5.32 Å². The molecule has 0 heterocycles. The molecule has 0 saturated heterocycles. The van der Waals surface area contributed by atoms with Crippen LogP contribution in [-0.4, -0.2) is 37.1 Å². The van der Waals surface area contributed by atoms with Crippen LogP contribution < -0.4 is 10.1 Å². The lowest BCUT2D eigenvalue weighted by Gasteiger charge is -2.18. The third-order valence-corrected chi connectivity index (χ3v) is 3.93. The lowest BCUT2D eigenvalue weighted by molar-refractivity contribution is -0.384. The molecular weight excluding hydrogens is 352 g/mol. The zero-order valence-corrected chi connectivity index (χ0v) is 15.0. The van der Waals surface area contributed by atoms with Gasteiger partial charge in [-0.1, -0.05) is 30.3 Å². The van der Waals surface area contributed by atoms with E-state index in [1.807, 2.05) is 18.2 Å². The number of ether oxygens (including phenoxy) is 2. The molecule has 0 bridgehead atoms. The van der Waals surface area contributed by atoms with Gasteiger partial charge in [0.15, 0.2) is 0 Å². The van der Waals surface area contributed by atoms with Gasteiger partial charge in [-0.2, -0.15) is 0 Å². The molecule has 0 aliphatic rings. The number of non-ortho nitro benzene ring substituents is 1. The molecule has 0 aliphatic carbocycles. The van der Waals surface area contributed by atoms with E-state index in [9.17, 15) is 19.7 Å². The second-order valence-corrected chi connectivity index (χ2v) is 5.76. The summed E-state index contributed by atoms with van der Waals surface area (Å²) < 4.78 is 9.97. The van der Waals surface area contributed by atoms with Crippen molar-refractivity contribution in [3.63, 3.8) is 0 Å². The van der Waals surface area contributed by atoms with E-state index >= 15 is 0 Å².